The summed E-state index contributed by atoms with van der Waals surface area (Å²) in [6.07, 6.45) is 92.7. The lowest BCUT2D eigenvalue weighted by molar-refractivity contribution is -0.870. The van der Waals surface area contributed by atoms with Crippen LogP contribution in [0.2, 0.25) is 0 Å². The Balaban J connectivity index is 4.05. The zero-order valence-corrected chi connectivity index (χ0v) is 59.0. The molecule has 0 fully saturated rings. The fraction of sp³-hybridized carbons (Fsp3) is 0.787. The van der Waals surface area contributed by atoms with Gasteiger partial charge in [0.1, 0.15) is 13.2 Å². The van der Waals surface area contributed by atoms with E-state index in [0.717, 1.165) is 96.3 Å². The smallest absolute Gasteiger partial charge is 0.306 e. The summed E-state index contributed by atoms with van der Waals surface area (Å²) in [6, 6.07) is 0. The summed E-state index contributed by atoms with van der Waals surface area (Å²) in [5, 5.41) is 11.8. The third kappa shape index (κ3) is 71.8. The van der Waals surface area contributed by atoms with Crippen LogP contribution in [0.3, 0.4) is 0 Å². The van der Waals surface area contributed by atoms with Crippen molar-refractivity contribution < 1.29 is 42.9 Å². The first-order valence-corrected chi connectivity index (χ1v) is 37.7. The van der Waals surface area contributed by atoms with Gasteiger partial charge in [-0.2, -0.15) is 0 Å². The maximum absolute atomic E-state index is 12.9. The van der Waals surface area contributed by atoms with Gasteiger partial charge in [0.25, 0.3) is 0 Å². The van der Waals surface area contributed by atoms with E-state index in [-0.39, 0.29) is 38.6 Å². The minimum Gasteiger partial charge on any atom is -0.545 e. The van der Waals surface area contributed by atoms with Crippen molar-refractivity contribution in [1.29, 1.82) is 0 Å². The molecule has 0 N–H and O–H groups in total. The van der Waals surface area contributed by atoms with Crippen LogP contribution >= 0.6 is 0 Å². The number of carbonyl (C=O) groups is 3. The maximum atomic E-state index is 12.9. The average molecular weight is 1250 g/mol. The lowest BCUT2D eigenvalue weighted by Crippen LogP contribution is -2.44. The Labute approximate surface area is 550 Å². The third-order valence-corrected chi connectivity index (χ3v) is 16.7. The van der Waals surface area contributed by atoms with E-state index in [9.17, 15) is 19.5 Å². The molecule has 0 radical (unpaired) electrons. The number of esters is 2. The van der Waals surface area contributed by atoms with Crippen molar-refractivity contribution in [3.8, 4) is 0 Å². The van der Waals surface area contributed by atoms with E-state index in [0.29, 0.717) is 17.4 Å². The SMILES string of the molecule is CC/C=C\C/C=C\C/C=C\C/C=C\C/C=C\C/C=C\C/C=C\CCCCCCCC(=O)OC(COC(=O)CCCCCCCCCCCCCCCCCCCCCCCCCCCCCCCCCCCCCCC)COC(OCC[N+](C)(C)C)C(=O)[O-]. The number of nitrogens with zero attached hydrogens (tertiary/aromatic N) is 1. The summed E-state index contributed by atoms with van der Waals surface area (Å²) in [5.41, 5.74) is 0. The van der Waals surface area contributed by atoms with Crippen molar-refractivity contribution >= 4 is 17.9 Å². The lowest BCUT2D eigenvalue weighted by Gasteiger charge is -2.26. The lowest BCUT2D eigenvalue weighted by atomic mass is 10.0. The zero-order chi connectivity index (χ0) is 64.7. The number of rotatable bonds is 70. The quantitative estimate of drug-likeness (QED) is 0.0195. The molecule has 0 rings (SSSR count). The van der Waals surface area contributed by atoms with Crippen LogP contribution in [-0.4, -0.2) is 82.3 Å². The number of aliphatic carboxylic acids is 1. The molecule has 0 aromatic heterocycles. The molecule has 9 nitrogen and oxygen atoms in total. The van der Waals surface area contributed by atoms with E-state index in [1.54, 1.807) is 0 Å². The summed E-state index contributed by atoms with van der Waals surface area (Å²) in [4.78, 5) is 37.5. The predicted octanol–water partition coefficient (Wildman–Crippen LogP) is 22.5. The first-order chi connectivity index (χ1) is 43.6. The van der Waals surface area contributed by atoms with Crippen LogP contribution < -0.4 is 5.11 Å². The number of carbonyl (C=O) groups excluding carboxylic acids is 3. The minimum atomic E-state index is -1.63. The maximum Gasteiger partial charge on any atom is 0.306 e. The molecule has 0 amide bonds. The van der Waals surface area contributed by atoms with Crippen LogP contribution in [0, 0.1) is 0 Å². The fourth-order valence-electron chi connectivity index (χ4n) is 10.9. The molecule has 0 saturated carbocycles. The van der Waals surface area contributed by atoms with Gasteiger partial charge in [0.2, 0.25) is 0 Å². The molecule has 0 spiro atoms. The van der Waals surface area contributed by atoms with Crippen molar-refractivity contribution in [2.75, 3.05) is 47.5 Å². The monoisotopic (exact) mass is 1250 g/mol. The Morgan fingerprint density at radius 3 is 0.955 bits per heavy atom. The highest BCUT2D eigenvalue weighted by Gasteiger charge is 2.22. The molecule has 2 unspecified atom stereocenters. The first-order valence-electron chi connectivity index (χ1n) is 37.7. The van der Waals surface area contributed by atoms with Gasteiger partial charge in [0, 0.05) is 12.8 Å². The highest BCUT2D eigenvalue weighted by molar-refractivity contribution is 5.70. The van der Waals surface area contributed by atoms with Gasteiger partial charge in [-0.25, -0.2) is 0 Å². The zero-order valence-electron chi connectivity index (χ0n) is 59.0. The summed E-state index contributed by atoms with van der Waals surface area (Å²) in [5.74, 6) is -2.30. The molecule has 0 aliphatic rings. The molecule has 0 aliphatic heterocycles. The van der Waals surface area contributed by atoms with Gasteiger partial charge >= 0.3 is 11.9 Å². The van der Waals surface area contributed by atoms with Crippen LogP contribution in [0.15, 0.2) is 85.1 Å². The third-order valence-electron chi connectivity index (χ3n) is 16.7. The predicted molar refractivity (Wildman–Crippen MR) is 380 cm³/mol. The first kappa shape index (κ1) is 85.5. The number of ether oxygens (including phenoxy) is 4. The summed E-state index contributed by atoms with van der Waals surface area (Å²) >= 11 is 0. The molecule has 0 saturated heterocycles. The fourth-order valence-corrected chi connectivity index (χ4v) is 10.9. The van der Waals surface area contributed by atoms with Gasteiger partial charge < -0.3 is 33.3 Å². The van der Waals surface area contributed by atoms with Gasteiger partial charge in [-0.1, -0.05) is 349 Å². The van der Waals surface area contributed by atoms with Crippen LogP contribution in [0.25, 0.3) is 0 Å². The number of unbranched alkanes of at least 4 members (excludes halogenated alkanes) is 41. The van der Waals surface area contributed by atoms with Crippen molar-refractivity contribution in [2.24, 2.45) is 0 Å². The molecule has 0 aliphatic carbocycles. The molecule has 9 heteroatoms. The van der Waals surface area contributed by atoms with E-state index in [1.165, 1.54) is 218 Å². The van der Waals surface area contributed by atoms with Crippen molar-refractivity contribution in [1.82, 2.24) is 0 Å². The summed E-state index contributed by atoms with van der Waals surface area (Å²) in [7, 11) is 5.93. The molecule has 2 atom stereocenters. The van der Waals surface area contributed by atoms with E-state index in [4.69, 9.17) is 18.9 Å². The molecular weight excluding hydrogens is 1100 g/mol. The van der Waals surface area contributed by atoms with Crippen LogP contribution in [0.5, 0.6) is 0 Å². The highest BCUT2D eigenvalue weighted by atomic mass is 16.7. The standard InChI is InChI=1S/C80H143NO8/c1-6-8-10-12-14-16-18-20-22-24-26-28-30-32-34-35-36-37-38-39-40-41-42-43-45-46-48-50-52-54-56-58-60-62-64-66-68-70-77(82)87-74-76(75-88-80(79(84)85)86-73-72-81(3,4)5)89-78(83)71-69-67-65-63-61-59-57-55-53-51-49-47-44-33-31-29-27-25-23-21-19-17-15-13-11-9-7-2/h9,11,15,17,21,23,27,29,33,44,49,51,55,57,76,80H,6-8,10,12-14,16,18-20,22,24-26,28,30-32,34-43,45-48,50,52-54,56,58-75H2,1-5H3/b11-9-,17-15-,23-21-,29-27-,44-33-,51-49-,57-55-. The molecule has 0 heterocycles. The Kier molecular flexibility index (Phi) is 67.6. The van der Waals surface area contributed by atoms with Gasteiger partial charge in [0.05, 0.1) is 40.3 Å². The number of carboxylic acids is 1. The molecule has 89 heavy (non-hydrogen) atoms. The van der Waals surface area contributed by atoms with E-state index >= 15 is 0 Å². The van der Waals surface area contributed by atoms with Crippen molar-refractivity contribution in [2.45, 2.75) is 360 Å². The Hall–Kier alpha value is -3.53. The van der Waals surface area contributed by atoms with E-state index in [2.05, 4.69) is 98.9 Å². The van der Waals surface area contributed by atoms with E-state index in [1.807, 2.05) is 21.1 Å². The number of allylic oxidation sites excluding steroid dienone is 14. The second-order valence-electron chi connectivity index (χ2n) is 26.6. The van der Waals surface area contributed by atoms with Gasteiger partial charge in [-0.15, -0.1) is 0 Å². The van der Waals surface area contributed by atoms with E-state index < -0.39 is 24.3 Å². The normalized spacial score (nSPS) is 13.1. The number of quaternary nitrogens is 1. The Morgan fingerprint density at radius 1 is 0.348 bits per heavy atom. The molecular formula is C80H143NO8. The van der Waals surface area contributed by atoms with Crippen molar-refractivity contribution in [3.05, 3.63) is 85.1 Å². The van der Waals surface area contributed by atoms with Crippen LogP contribution in [0.1, 0.15) is 348 Å². The second kappa shape index (κ2) is 70.3. The topological polar surface area (TPSA) is 111 Å². The summed E-state index contributed by atoms with van der Waals surface area (Å²) in [6.45, 7) is 4.65. The Bertz CT molecular complexity index is 1740. The van der Waals surface area contributed by atoms with Gasteiger partial charge in [-0.3, -0.25) is 9.59 Å². The molecule has 0 aromatic rings. The number of hydrogen-bond acceptors (Lipinski definition) is 8. The number of carboxylic acid groups (broad SMARTS) is 1. The molecule has 0 bridgehead atoms. The number of hydrogen-bond donors (Lipinski definition) is 0. The largest absolute Gasteiger partial charge is 0.545 e. The highest BCUT2D eigenvalue weighted by Crippen LogP contribution is 2.19. The second-order valence-corrected chi connectivity index (χ2v) is 26.6. The summed E-state index contributed by atoms with van der Waals surface area (Å²) < 4.78 is 22.8. The minimum absolute atomic E-state index is 0.141. The van der Waals surface area contributed by atoms with Crippen molar-refractivity contribution in [3.63, 3.8) is 0 Å². The molecule has 516 valence electrons. The average Bonchev–Trinajstić information content (AvgIpc) is 3.64. The van der Waals surface area contributed by atoms with Crippen LogP contribution in [-0.2, 0) is 33.3 Å². The molecule has 0 aromatic carbocycles. The van der Waals surface area contributed by atoms with Crippen LogP contribution in [0.4, 0.5) is 0 Å². The number of likely N-dealkylation sites (N-methyl/N-ethyl adjacent to an activating group) is 1. The van der Waals surface area contributed by atoms with Gasteiger partial charge in [-0.05, 0) is 70.6 Å². The Morgan fingerprint density at radius 2 is 0.640 bits per heavy atom. The van der Waals surface area contributed by atoms with Gasteiger partial charge in [0.15, 0.2) is 12.4 Å².